The van der Waals surface area contributed by atoms with Crippen molar-refractivity contribution >= 4 is 11.3 Å². The van der Waals surface area contributed by atoms with Gasteiger partial charge in [0, 0.05) is 38.2 Å². The molecule has 2 aliphatic heterocycles. The molecule has 3 aromatic heterocycles. The number of nitrogens with zero attached hydrogens (tertiary/aromatic N) is 5. The summed E-state index contributed by atoms with van der Waals surface area (Å²) in [5.41, 5.74) is -2.39. The van der Waals surface area contributed by atoms with Crippen LogP contribution in [-0.4, -0.2) is 74.3 Å². The highest BCUT2D eigenvalue weighted by molar-refractivity contribution is 5.75. The molecule has 32 heavy (non-hydrogen) atoms. The van der Waals surface area contributed by atoms with Gasteiger partial charge in [-0.15, -0.1) is 0 Å². The molecule has 0 saturated carbocycles. The third-order valence-corrected chi connectivity index (χ3v) is 5.89. The van der Waals surface area contributed by atoms with Gasteiger partial charge in [-0.25, -0.2) is 23.1 Å². The highest BCUT2D eigenvalue weighted by Crippen LogP contribution is 2.51. The van der Waals surface area contributed by atoms with E-state index in [0.29, 0.717) is 0 Å². The predicted molar refractivity (Wildman–Crippen MR) is 102 cm³/mol. The van der Waals surface area contributed by atoms with Crippen molar-refractivity contribution in [2.75, 3.05) is 37.6 Å². The van der Waals surface area contributed by atoms with E-state index in [-0.39, 0.29) is 42.2 Å². The van der Waals surface area contributed by atoms with Crippen LogP contribution in [0.4, 0.5) is 27.6 Å². The maximum atomic E-state index is 15.0. The zero-order chi connectivity index (χ0) is 22.9. The zero-order valence-electron chi connectivity index (χ0n) is 16.3. The SMILES string of the molecule is O=c1[nH]cc(-c2cc(N3CC(F)(F)C4(CN(CC(F)(F)F)C4)C3)c3nccn3n2)c(=O)[nH]1. The number of anilines is 1. The number of alkyl halides is 5. The molecule has 5 rings (SSSR count). The summed E-state index contributed by atoms with van der Waals surface area (Å²) < 4.78 is 69.1. The Bertz CT molecular complexity index is 1310. The summed E-state index contributed by atoms with van der Waals surface area (Å²) in [7, 11) is 0. The van der Waals surface area contributed by atoms with Gasteiger partial charge in [0.1, 0.15) is 5.69 Å². The Balaban J connectivity index is 1.51. The van der Waals surface area contributed by atoms with Crippen molar-refractivity contribution in [1.29, 1.82) is 0 Å². The van der Waals surface area contributed by atoms with Crippen molar-refractivity contribution in [2.24, 2.45) is 5.41 Å². The predicted octanol–water partition coefficient (Wildman–Crippen LogP) is 1.09. The number of H-pyrrole nitrogens is 2. The average molecular weight is 457 g/mol. The molecule has 0 amide bonds. The number of aromatic nitrogens is 5. The standard InChI is InChI=1S/C18H16F5N7O2/c19-17(20)8-29(7-16(17)5-28(6-16)9-18(21,22)23)12-3-11(27-30-2-1-24-13(12)30)10-4-25-15(32)26-14(10)31/h1-4H,5-9H2,(H2,25,26,31,32). The van der Waals surface area contributed by atoms with Gasteiger partial charge in [0.15, 0.2) is 5.65 Å². The zero-order valence-corrected chi connectivity index (χ0v) is 16.3. The van der Waals surface area contributed by atoms with Crippen LogP contribution in [0.15, 0.2) is 34.2 Å². The molecule has 1 spiro atoms. The molecule has 14 heteroatoms. The largest absolute Gasteiger partial charge is 0.401 e. The fourth-order valence-corrected chi connectivity index (χ4v) is 4.49. The Hall–Kier alpha value is -3.29. The van der Waals surface area contributed by atoms with Gasteiger partial charge < -0.3 is 9.88 Å². The lowest BCUT2D eigenvalue weighted by Gasteiger charge is -2.50. The van der Waals surface area contributed by atoms with Crippen molar-refractivity contribution in [2.45, 2.75) is 12.1 Å². The number of hydrogen-bond donors (Lipinski definition) is 2. The minimum absolute atomic E-state index is 0.0158. The van der Waals surface area contributed by atoms with Crippen LogP contribution in [-0.2, 0) is 0 Å². The van der Waals surface area contributed by atoms with E-state index in [2.05, 4.69) is 20.1 Å². The van der Waals surface area contributed by atoms with Crippen molar-refractivity contribution in [3.63, 3.8) is 0 Å². The van der Waals surface area contributed by atoms with Crippen LogP contribution in [0.2, 0.25) is 0 Å². The summed E-state index contributed by atoms with van der Waals surface area (Å²) >= 11 is 0. The summed E-state index contributed by atoms with van der Waals surface area (Å²) in [6, 6.07) is 1.41. The van der Waals surface area contributed by atoms with E-state index in [0.717, 1.165) is 11.1 Å². The highest BCUT2D eigenvalue weighted by atomic mass is 19.4. The lowest BCUT2D eigenvalue weighted by molar-refractivity contribution is -0.203. The Kier molecular flexibility index (Phi) is 4.25. The first-order chi connectivity index (χ1) is 15.0. The van der Waals surface area contributed by atoms with Crippen LogP contribution in [0.3, 0.4) is 0 Å². The van der Waals surface area contributed by atoms with Crippen LogP contribution in [0.25, 0.3) is 16.9 Å². The van der Waals surface area contributed by atoms with E-state index < -0.39 is 41.9 Å². The van der Waals surface area contributed by atoms with Gasteiger partial charge in [0.25, 0.3) is 11.5 Å². The number of fused-ring (bicyclic) bond motifs is 1. The Labute approximate surface area is 175 Å². The quantitative estimate of drug-likeness (QED) is 0.571. The normalized spacial score (nSPS) is 20.2. The van der Waals surface area contributed by atoms with Gasteiger partial charge in [-0.3, -0.25) is 14.7 Å². The van der Waals surface area contributed by atoms with Crippen LogP contribution in [0.5, 0.6) is 0 Å². The van der Waals surface area contributed by atoms with Gasteiger partial charge in [0.2, 0.25) is 0 Å². The van der Waals surface area contributed by atoms with Crippen molar-refractivity contribution < 1.29 is 22.0 Å². The second-order valence-electron chi connectivity index (χ2n) is 8.20. The highest BCUT2D eigenvalue weighted by Gasteiger charge is 2.66. The minimum atomic E-state index is -4.46. The Morgan fingerprint density at radius 3 is 2.56 bits per heavy atom. The van der Waals surface area contributed by atoms with Gasteiger partial charge in [-0.1, -0.05) is 0 Å². The summed E-state index contributed by atoms with van der Waals surface area (Å²) in [5.74, 6) is -3.22. The number of likely N-dealkylation sites (tertiary alicyclic amines) is 1. The fourth-order valence-electron chi connectivity index (χ4n) is 4.49. The molecular formula is C18H16F5N7O2. The van der Waals surface area contributed by atoms with Gasteiger partial charge in [0.05, 0.1) is 29.8 Å². The molecule has 0 unspecified atom stereocenters. The molecule has 5 heterocycles. The molecule has 3 aromatic rings. The van der Waals surface area contributed by atoms with E-state index in [1.165, 1.54) is 27.9 Å². The topological polar surface area (TPSA) is 102 Å². The molecular weight excluding hydrogens is 441 g/mol. The minimum Gasteiger partial charge on any atom is -0.361 e. The van der Waals surface area contributed by atoms with Crippen molar-refractivity contribution in [3.05, 3.63) is 45.5 Å². The van der Waals surface area contributed by atoms with E-state index >= 15 is 0 Å². The molecule has 2 fully saturated rings. The molecule has 2 aliphatic rings. The molecule has 0 bridgehead atoms. The molecule has 0 aromatic carbocycles. The van der Waals surface area contributed by atoms with Gasteiger partial charge in [-0.05, 0) is 6.07 Å². The van der Waals surface area contributed by atoms with Gasteiger partial charge in [-0.2, -0.15) is 18.3 Å². The van der Waals surface area contributed by atoms with E-state index in [1.54, 1.807) is 0 Å². The van der Waals surface area contributed by atoms with Crippen molar-refractivity contribution in [1.82, 2.24) is 29.5 Å². The first-order valence-electron chi connectivity index (χ1n) is 9.55. The molecule has 2 saturated heterocycles. The lowest BCUT2D eigenvalue weighted by atomic mass is 9.76. The number of hydrogen-bond acceptors (Lipinski definition) is 6. The first kappa shape index (κ1) is 20.6. The van der Waals surface area contributed by atoms with E-state index in [9.17, 15) is 31.5 Å². The second kappa shape index (κ2) is 6.60. The van der Waals surface area contributed by atoms with Crippen LogP contribution < -0.4 is 16.1 Å². The number of nitrogens with one attached hydrogen (secondary N) is 2. The molecule has 0 radical (unpaired) electrons. The van der Waals surface area contributed by atoms with E-state index in [4.69, 9.17) is 0 Å². The van der Waals surface area contributed by atoms with Crippen molar-refractivity contribution in [3.8, 4) is 11.3 Å². The lowest BCUT2D eigenvalue weighted by Crippen LogP contribution is -2.65. The smallest absolute Gasteiger partial charge is 0.361 e. The van der Waals surface area contributed by atoms with E-state index in [1.807, 2.05) is 0 Å². The maximum absolute atomic E-state index is 15.0. The first-order valence-corrected chi connectivity index (χ1v) is 9.55. The van der Waals surface area contributed by atoms with Crippen LogP contribution >= 0.6 is 0 Å². The third kappa shape index (κ3) is 3.25. The number of halogens is 5. The summed E-state index contributed by atoms with van der Waals surface area (Å²) in [4.78, 5) is 34.4. The molecule has 170 valence electrons. The summed E-state index contributed by atoms with van der Waals surface area (Å²) in [6.07, 6.45) is -0.413. The van der Waals surface area contributed by atoms with Crippen LogP contribution in [0.1, 0.15) is 0 Å². The number of imidazole rings is 1. The number of aromatic amines is 2. The summed E-state index contributed by atoms with van der Waals surface area (Å²) in [5, 5.41) is 4.25. The molecule has 2 N–H and O–H groups in total. The fraction of sp³-hybridized carbons (Fsp3) is 0.444. The molecule has 0 aliphatic carbocycles. The monoisotopic (exact) mass is 457 g/mol. The summed E-state index contributed by atoms with van der Waals surface area (Å²) in [6.45, 7) is -2.87. The van der Waals surface area contributed by atoms with Gasteiger partial charge >= 0.3 is 11.9 Å². The maximum Gasteiger partial charge on any atom is 0.401 e. The second-order valence-corrected chi connectivity index (χ2v) is 8.20. The molecule has 9 nitrogen and oxygen atoms in total. The van der Waals surface area contributed by atoms with Crippen LogP contribution in [0, 0.1) is 5.41 Å². The average Bonchev–Trinajstić information content (AvgIpc) is 3.21. The molecule has 0 atom stereocenters. The Morgan fingerprint density at radius 1 is 1.12 bits per heavy atom. The number of rotatable bonds is 3. The third-order valence-electron chi connectivity index (χ3n) is 5.89. The Morgan fingerprint density at radius 2 is 1.88 bits per heavy atom.